The fraction of sp³-hybridized carbons (Fsp3) is 0.500. The number of aryl methyl sites for hydroxylation is 1. The van der Waals surface area contributed by atoms with Crippen molar-refractivity contribution in [2.75, 3.05) is 0 Å². The first kappa shape index (κ1) is 10.6. The molecule has 1 heterocycles. The summed E-state index contributed by atoms with van der Waals surface area (Å²) in [6.07, 6.45) is 4.04. The molecule has 1 aliphatic rings. The van der Waals surface area contributed by atoms with Crippen molar-refractivity contribution in [3.05, 3.63) is 29.1 Å². The highest BCUT2D eigenvalue weighted by molar-refractivity contribution is 7.80. The summed E-state index contributed by atoms with van der Waals surface area (Å²) in [6.45, 7) is 4.32. The minimum Gasteiger partial charge on any atom is -0.393 e. The maximum Gasteiger partial charge on any atom is 0.0819 e. The van der Waals surface area contributed by atoms with Gasteiger partial charge in [-0.15, -0.1) is 0 Å². The molecule has 0 aromatic carbocycles. The van der Waals surface area contributed by atoms with E-state index in [9.17, 15) is 0 Å². The van der Waals surface area contributed by atoms with Gasteiger partial charge in [0.15, 0.2) is 0 Å². The maximum atomic E-state index is 5.77. The van der Waals surface area contributed by atoms with Gasteiger partial charge in [0, 0.05) is 6.20 Å². The van der Waals surface area contributed by atoms with Crippen LogP contribution in [-0.2, 0) is 6.42 Å². The molecule has 2 rings (SSSR count). The lowest BCUT2D eigenvalue weighted by Crippen LogP contribution is -2.27. The molecule has 2 unspecified atom stereocenters. The molecular formula is C12H16N2S. The number of nitrogens with two attached hydrogens (primary N) is 1. The van der Waals surface area contributed by atoms with Gasteiger partial charge in [-0.2, -0.15) is 0 Å². The molecule has 80 valence electrons. The zero-order valence-corrected chi connectivity index (χ0v) is 9.97. The molecule has 0 bridgehead atoms. The number of hydrogen-bond donors (Lipinski definition) is 1. The van der Waals surface area contributed by atoms with Crippen LogP contribution in [0.4, 0.5) is 0 Å². The quantitative estimate of drug-likeness (QED) is 0.738. The Kier molecular flexibility index (Phi) is 2.74. The smallest absolute Gasteiger partial charge is 0.0819 e. The summed E-state index contributed by atoms with van der Waals surface area (Å²) < 4.78 is 0. The molecule has 0 saturated carbocycles. The van der Waals surface area contributed by atoms with Crippen LogP contribution in [0.3, 0.4) is 0 Å². The third-order valence-corrected chi connectivity index (χ3v) is 3.30. The van der Waals surface area contributed by atoms with Gasteiger partial charge in [-0.05, 0) is 36.8 Å². The molecule has 0 saturated heterocycles. The molecule has 15 heavy (non-hydrogen) atoms. The zero-order valence-electron chi connectivity index (χ0n) is 9.16. The Balaban J connectivity index is 2.46. The number of pyridine rings is 1. The second-order valence-corrected chi connectivity index (χ2v) is 5.03. The van der Waals surface area contributed by atoms with Crippen molar-refractivity contribution >= 4 is 17.2 Å². The lowest BCUT2D eigenvalue weighted by atomic mass is 9.80. The van der Waals surface area contributed by atoms with Gasteiger partial charge in [-0.3, -0.25) is 4.98 Å². The number of rotatable bonds is 1. The molecule has 0 spiro atoms. The predicted octanol–water partition coefficient (Wildman–Crippen LogP) is 2.34. The van der Waals surface area contributed by atoms with Crippen LogP contribution in [0.2, 0.25) is 0 Å². The van der Waals surface area contributed by atoms with Crippen LogP contribution in [-0.4, -0.2) is 9.97 Å². The lowest BCUT2D eigenvalue weighted by Gasteiger charge is -2.28. The van der Waals surface area contributed by atoms with Gasteiger partial charge in [0.1, 0.15) is 0 Å². The molecule has 0 amide bonds. The van der Waals surface area contributed by atoms with Gasteiger partial charge in [-0.1, -0.05) is 25.2 Å². The Morgan fingerprint density at radius 3 is 3.00 bits per heavy atom. The molecule has 2 N–H and O–H groups in total. The summed E-state index contributed by atoms with van der Waals surface area (Å²) in [7, 11) is 0. The topological polar surface area (TPSA) is 38.9 Å². The Morgan fingerprint density at radius 1 is 1.60 bits per heavy atom. The maximum absolute atomic E-state index is 5.77. The fourth-order valence-corrected chi connectivity index (χ4v) is 2.55. The minimum absolute atomic E-state index is 0.180. The molecular weight excluding hydrogens is 204 g/mol. The van der Waals surface area contributed by atoms with Gasteiger partial charge in [0.25, 0.3) is 0 Å². The van der Waals surface area contributed by atoms with Crippen molar-refractivity contribution in [1.29, 1.82) is 0 Å². The summed E-state index contributed by atoms with van der Waals surface area (Å²) in [6, 6.07) is 2.21. The molecule has 1 aromatic heterocycles. The first-order valence-electron chi connectivity index (χ1n) is 5.32. The average Bonchev–Trinajstić information content (AvgIpc) is 2.15. The molecule has 0 aliphatic heterocycles. The molecule has 2 nitrogen and oxygen atoms in total. The van der Waals surface area contributed by atoms with E-state index in [-0.39, 0.29) is 5.92 Å². The first-order chi connectivity index (χ1) is 7.08. The van der Waals surface area contributed by atoms with Crippen LogP contribution in [0, 0.1) is 12.8 Å². The highest BCUT2D eigenvalue weighted by Crippen LogP contribution is 2.33. The van der Waals surface area contributed by atoms with Crippen molar-refractivity contribution in [3.63, 3.8) is 0 Å². The summed E-state index contributed by atoms with van der Waals surface area (Å²) in [5.41, 5.74) is 9.41. The van der Waals surface area contributed by atoms with Gasteiger partial charge in [0.2, 0.25) is 0 Å². The molecule has 0 radical (unpaired) electrons. The Morgan fingerprint density at radius 2 is 2.33 bits per heavy atom. The van der Waals surface area contributed by atoms with E-state index >= 15 is 0 Å². The van der Waals surface area contributed by atoms with Gasteiger partial charge < -0.3 is 5.73 Å². The summed E-state index contributed by atoms with van der Waals surface area (Å²) in [5.74, 6) is 0.826. The normalized spacial score (nSPS) is 24.7. The molecule has 0 fully saturated rings. The van der Waals surface area contributed by atoms with E-state index in [4.69, 9.17) is 18.0 Å². The molecule has 2 atom stereocenters. The molecule has 1 aliphatic carbocycles. The second-order valence-electron chi connectivity index (χ2n) is 4.56. The van der Waals surface area contributed by atoms with E-state index in [0.717, 1.165) is 18.5 Å². The van der Waals surface area contributed by atoms with E-state index in [2.05, 4.69) is 24.9 Å². The monoisotopic (exact) mass is 220 g/mol. The number of hydrogen-bond acceptors (Lipinski definition) is 2. The molecule has 3 heteroatoms. The van der Waals surface area contributed by atoms with E-state index < -0.39 is 0 Å². The second kappa shape index (κ2) is 3.89. The average molecular weight is 220 g/mol. The van der Waals surface area contributed by atoms with Crippen molar-refractivity contribution in [2.24, 2.45) is 11.7 Å². The Hall–Kier alpha value is -0.960. The van der Waals surface area contributed by atoms with Crippen LogP contribution < -0.4 is 5.73 Å². The van der Waals surface area contributed by atoms with E-state index in [1.807, 2.05) is 6.20 Å². The third kappa shape index (κ3) is 2.02. The number of fused-ring (bicyclic) bond motifs is 1. The highest BCUT2D eigenvalue weighted by Gasteiger charge is 2.27. The van der Waals surface area contributed by atoms with Crippen LogP contribution in [0.25, 0.3) is 0 Å². The lowest BCUT2D eigenvalue weighted by molar-refractivity contribution is 0.475. The summed E-state index contributed by atoms with van der Waals surface area (Å²) in [4.78, 5) is 5.07. The zero-order chi connectivity index (χ0) is 11.0. The predicted molar refractivity (Wildman–Crippen MR) is 66.0 cm³/mol. The fourth-order valence-electron chi connectivity index (χ4n) is 2.34. The Labute approximate surface area is 95.9 Å². The first-order valence-corrected chi connectivity index (χ1v) is 5.73. The standard InChI is InChI=1S/C12H16N2S/c1-7-3-9-4-8(2)6-14-11(9)10(5-7)12(13)15/h4,6-7,10H,3,5H2,1-2H3,(H2,13,15). The SMILES string of the molecule is Cc1cnc2c(c1)CC(C)CC2C(N)=S. The summed E-state index contributed by atoms with van der Waals surface area (Å²) in [5, 5.41) is 0. The molecule has 1 aromatic rings. The minimum atomic E-state index is 0.180. The third-order valence-electron chi connectivity index (χ3n) is 3.02. The van der Waals surface area contributed by atoms with Crippen LogP contribution in [0.15, 0.2) is 12.3 Å². The number of nitrogens with zero attached hydrogens (tertiary/aromatic N) is 1. The van der Waals surface area contributed by atoms with Crippen LogP contribution in [0.5, 0.6) is 0 Å². The number of aromatic nitrogens is 1. The van der Waals surface area contributed by atoms with Crippen LogP contribution >= 0.6 is 12.2 Å². The van der Waals surface area contributed by atoms with Crippen molar-refractivity contribution in [2.45, 2.75) is 32.6 Å². The van der Waals surface area contributed by atoms with Crippen LogP contribution in [0.1, 0.15) is 36.1 Å². The Bertz CT molecular complexity index is 401. The van der Waals surface area contributed by atoms with E-state index in [1.54, 1.807) is 0 Å². The van der Waals surface area contributed by atoms with Crippen molar-refractivity contribution in [3.8, 4) is 0 Å². The summed E-state index contributed by atoms with van der Waals surface area (Å²) >= 11 is 5.12. The van der Waals surface area contributed by atoms with E-state index in [0.29, 0.717) is 10.9 Å². The largest absolute Gasteiger partial charge is 0.393 e. The van der Waals surface area contributed by atoms with Gasteiger partial charge in [0.05, 0.1) is 16.6 Å². The highest BCUT2D eigenvalue weighted by atomic mass is 32.1. The van der Waals surface area contributed by atoms with Crippen molar-refractivity contribution < 1.29 is 0 Å². The van der Waals surface area contributed by atoms with E-state index in [1.165, 1.54) is 11.1 Å². The van der Waals surface area contributed by atoms with Crippen molar-refractivity contribution in [1.82, 2.24) is 4.98 Å². The van der Waals surface area contributed by atoms with Gasteiger partial charge >= 0.3 is 0 Å². The van der Waals surface area contributed by atoms with Gasteiger partial charge in [-0.25, -0.2) is 0 Å². The number of thiocarbonyl (C=S) groups is 1.